The van der Waals surface area contributed by atoms with Gasteiger partial charge in [-0.05, 0) is 31.5 Å². The average molecular weight is 260 g/mol. The second kappa shape index (κ2) is 4.83. The molecule has 1 N–H and O–H groups in total. The highest BCUT2D eigenvalue weighted by Gasteiger charge is 2.18. The van der Waals surface area contributed by atoms with E-state index in [-0.39, 0.29) is 11.3 Å². The number of hydrogen-bond donors (Lipinski definition) is 1. The molecule has 0 aliphatic rings. The highest BCUT2D eigenvalue weighted by Crippen LogP contribution is 2.15. The number of carbonyl (C=O) groups is 1. The first-order chi connectivity index (χ1) is 7.74. The van der Waals surface area contributed by atoms with Crippen LogP contribution in [0.1, 0.15) is 29.8 Å². The van der Waals surface area contributed by atoms with E-state index in [1.54, 1.807) is 0 Å². The van der Waals surface area contributed by atoms with Gasteiger partial charge in [-0.2, -0.15) is 0 Å². The molecule has 0 amide bonds. The third-order valence-electron chi connectivity index (χ3n) is 2.35. The molecule has 94 valence electrons. The summed E-state index contributed by atoms with van der Waals surface area (Å²) in [6, 6.07) is 3.33. The Morgan fingerprint density at radius 1 is 1.41 bits per heavy atom. The van der Waals surface area contributed by atoms with Crippen molar-refractivity contribution in [3.8, 4) is 0 Å². The molecule has 0 radical (unpaired) electrons. The molecule has 0 atom stereocenters. The Balaban J connectivity index is 3.04. The molecule has 0 heterocycles. The molecule has 0 saturated carbocycles. The van der Waals surface area contributed by atoms with Crippen molar-refractivity contribution in [3.63, 3.8) is 0 Å². The van der Waals surface area contributed by atoms with E-state index < -0.39 is 32.4 Å². The fraction of sp³-hybridized carbons (Fsp3) is 0.364. The topological polar surface area (TPSA) is 71.4 Å². The summed E-state index contributed by atoms with van der Waals surface area (Å²) in [5.74, 6) is -2.59. The lowest BCUT2D eigenvalue weighted by Gasteiger charge is -2.08. The molecule has 17 heavy (non-hydrogen) atoms. The summed E-state index contributed by atoms with van der Waals surface area (Å²) in [6.45, 7) is 3.08. The lowest BCUT2D eigenvalue weighted by molar-refractivity contribution is 0.0692. The Kier molecular flexibility index (Phi) is 3.87. The van der Waals surface area contributed by atoms with E-state index in [1.807, 2.05) is 0 Å². The lowest BCUT2D eigenvalue weighted by Crippen LogP contribution is -2.16. The first-order valence-electron chi connectivity index (χ1n) is 4.97. The van der Waals surface area contributed by atoms with Crippen molar-refractivity contribution in [2.75, 3.05) is 0 Å². The van der Waals surface area contributed by atoms with Crippen molar-refractivity contribution in [2.45, 2.75) is 24.9 Å². The molecule has 0 bridgehead atoms. The summed E-state index contributed by atoms with van der Waals surface area (Å²) in [5, 5.41) is 8.07. The van der Waals surface area contributed by atoms with Gasteiger partial charge in [-0.1, -0.05) is 6.07 Å². The molecule has 0 aliphatic heterocycles. The predicted octanol–water partition coefficient (Wildman–Crippen LogP) is 1.85. The molecule has 0 aliphatic carbocycles. The van der Waals surface area contributed by atoms with Gasteiger partial charge in [-0.25, -0.2) is 17.6 Å². The highest BCUT2D eigenvalue weighted by atomic mass is 32.2. The normalized spacial score (nSPS) is 11.8. The van der Waals surface area contributed by atoms with Gasteiger partial charge in [-0.3, -0.25) is 0 Å². The second-order valence-electron chi connectivity index (χ2n) is 3.98. The zero-order valence-corrected chi connectivity index (χ0v) is 10.3. The Labute approximate surface area is 99.0 Å². The average Bonchev–Trinajstić information content (AvgIpc) is 2.15. The lowest BCUT2D eigenvalue weighted by atomic mass is 10.1. The minimum Gasteiger partial charge on any atom is -0.478 e. The van der Waals surface area contributed by atoms with Gasteiger partial charge in [0.25, 0.3) is 0 Å². The summed E-state index contributed by atoms with van der Waals surface area (Å²) in [4.78, 5) is 10.6. The minimum absolute atomic E-state index is 0.251. The van der Waals surface area contributed by atoms with Crippen LogP contribution in [-0.2, 0) is 15.6 Å². The van der Waals surface area contributed by atoms with Crippen LogP contribution >= 0.6 is 0 Å². The van der Waals surface area contributed by atoms with Crippen molar-refractivity contribution in [1.82, 2.24) is 0 Å². The number of aromatic carboxylic acids is 1. The maximum Gasteiger partial charge on any atom is 0.338 e. The minimum atomic E-state index is -3.32. The van der Waals surface area contributed by atoms with Gasteiger partial charge in [0.05, 0.1) is 16.6 Å². The van der Waals surface area contributed by atoms with E-state index in [4.69, 9.17) is 5.11 Å². The molecule has 0 aromatic heterocycles. The zero-order valence-electron chi connectivity index (χ0n) is 9.47. The van der Waals surface area contributed by atoms with Crippen molar-refractivity contribution in [3.05, 3.63) is 35.1 Å². The van der Waals surface area contributed by atoms with E-state index in [1.165, 1.54) is 19.9 Å². The first kappa shape index (κ1) is 13.6. The number of benzene rings is 1. The van der Waals surface area contributed by atoms with Crippen LogP contribution in [0.4, 0.5) is 4.39 Å². The predicted molar refractivity (Wildman–Crippen MR) is 61.1 cm³/mol. The summed E-state index contributed by atoms with van der Waals surface area (Å²) in [7, 11) is -3.32. The number of carboxylic acids is 1. The summed E-state index contributed by atoms with van der Waals surface area (Å²) in [5.41, 5.74) is -0.211. The summed E-state index contributed by atoms with van der Waals surface area (Å²) in [6.07, 6.45) is 0. The third kappa shape index (κ3) is 3.26. The smallest absolute Gasteiger partial charge is 0.338 e. The van der Waals surface area contributed by atoms with Gasteiger partial charge in [0.1, 0.15) is 5.82 Å². The van der Waals surface area contributed by atoms with Crippen LogP contribution < -0.4 is 0 Å². The van der Waals surface area contributed by atoms with Crippen LogP contribution in [0.25, 0.3) is 0 Å². The van der Waals surface area contributed by atoms with Crippen molar-refractivity contribution in [2.24, 2.45) is 0 Å². The molecule has 0 saturated heterocycles. The summed E-state index contributed by atoms with van der Waals surface area (Å²) >= 11 is 0. The van der Waals surface area contributed by atoms with Gasteiger partial charge < -0.3 is 5.11 Å². The summed E-state index contributed by atoms with van der Waals surface area (Å²) < 4.78 is 36.5. The van der Waals surface area contributed by atoms with Crippen LogP contribution in [-0.4, -0.2) is 24.7 Å². The van der Waals surface area contributed by atoms with Crippen LogP contribution in [0.3, 0.4) is 0 Å². The molecule has 1 rings (SSSR count). The van der Waals surface area contributed by atoms with E-state index in [0.717, 1.165) is 12.1 Å². The van der Waals surface area contributed by atoms with Crippen molar-refractivity contribution >= 4 is 15.8 Å². The zero-order chi connectivity index (χ0) is 13.2. The maximum atomic E-state index is 13.3. The molecular formula is C11H13FO4S. The molecule has 1 aromatic carbocycles. The van der Waals surface area contributed by atoms with E-state index >= 15 is 0 Å². The molecule has 4 nitrogen and oxygen atoms in total. The van der Waals surface area contributed by atoms with Crippen LogP contribution in [0.5, 0.6) is 0 Å². The molecule has 0 unspecified atom stereocenters. The molecule has 0 spiro atoms. The quantitative estimate of drug-likeness (QED) is 0.896. The monoisotopic (exact) mass is 260 g/mol. The van der Waals surface area contributed by atoms with Crippen LogP contribution in [0.15, 0.2) is 18.2 Å². The maximum absolute atomic E-state index is 13.3. The second-order valence-corrected chi connectivity index (χ2v) is 6.53. The van der Waals surface area contributed by atoms with Crippen molar-refractivity contribution < 1.29 is 22.7 Å². The Morgan fingerprint density at radius 3 is 2.41 bits per heavy atom. The van der Waals surface area contributed by atoms with E-state index in [0.29, 0.717) is 0 Å². The van der Waals surface area contributed by atoms with Gasteiger partial charge in [0, 0.05) is 0 Å². The number of sulfone groups is 1. The van der Waals surface area contributed by atoms with Crippen LogP contribution in [0, 0.1) is 5.82 Å². The molecular weight excluding hydrogens is 247 g/mol. The third-order valence-corrected chi connectivity index (χ3v) is 4.52. The Morgan fingerprint density at radius 2 is 2.00 bits per heavy atom. The SMILES string of the molecule is CC(C)S(=O)(=O)Cc1ccc(C(=O)O)c(F)c1. The Bertz CT molecular complexity index is 534. The number of hydrogen-bond acceptors (Lipinski definition) is 3. The fourth-order valence-corrected chi connectivity index (χ4v) is 2.20. The Hall–Kier alpha value is -1.43. The van der Waals surface area contributed by atoms with Gasteiger partial charge in [-0.15, -0.1) is 0 Å². The van der Waals surface area contributed by atoms with E-state index in [9.17, 15) is 17.6 Å². The fourth-order valence-electron chi connectivity index (χ4n) is 1.22. The van der Waals surface area contributed by atoms with Crippen molar-refractivity contribution in [1.29, 1.82) is 0 Å². The molecule has 6 heteroatoms. The van der Waals surface area contributed by atoms with Crippen LogP contribution in [0.2, 0.25) is 0 Å². The number of carboxylic acid groups (broad SMARTS) is 1. The van der Waals surface area contributed by atoms with Gasteiger partial charge >= 0.3 is 5.97 Å². The highest BCUT2D eigenvalue weighted by molar-refractivity contribution is 7.91. The first-order valence-corrected chi connectivity index (χ1v) is 6.69. The number of rotatable bonds is 4. The van der Waals surface area contributed by atoms with Gasteiger partial charge in [0.2, 0.25) is 0 Å². The largest absolute Gasteiger partial charge is 0.478 e. The van der Waals surface area contributed by atoms with Gasteiger partial charge in [0.15, 0.2) is 9.84 Å². The van der Waals surface area contributed by atoms with E-state index in [2.05, 4.69) is 0 Å². The molecule has 0 fully saturated rings. The number of halogens is 1. The standard InChI is InChI=1S/C11H13FO4S/c1-7(2)17(15,16)6-8-3-4-9(11(13)14)10(12)5-8/h3-5,7H,6H2,1-2H3,(H,13,14). The molecule has 1 aromatic rings.